The molecule has 0 aliphatic rings. The van der Waals surface area contributed by atoms with E-state index in [0.717, 1.165) is 11.3 Å². The minimum atomic E-state index is 0.399. The van der Waals surface area contributed by atoms with Crippen LogP contribution in [0.1, 0.15) is 5.56 Å². The Hall–Kier alpha value is -2.86. The zero-order chi connectivity index (χ0) is 16.2. The highest BCUT2D eigenvalue weighted by Gasteiger charge is 2.09. The SMILES string of the molecule is Cc1ccnc(Nc2ncnc(Nc3cccc(Cl)c3)c2N)c1. The summed E-state index contributed by atoms with van der Waals surface area (Å²) in [5, 5.41) is 6.86. The molecule has 116 valence electrons. The van der Waals surface area contributed by atoms with Crippen LogP contribution in [0, 0.1) is 6.92 Å². The van der Waals surface area contributed by atoms with Gasteiger partial charge in [0.25, 0.3) is 0 Å². The third kappa shape index (κ3) is 3.67. The van der Waals surface area contributed by atoms with Gasteiger partial charge in [-0.05, 0) is 42.8 Å². The van der Waals surface area contributed by atoms with Crippen molar-refractivity contribution < 1.29 is 0 Å². The Morgan fingerprint density at radius 3 is 2.52 bits per heavy atom. The van der Waals surface area contributed by atoms with Crippen molar-refractivity contribution in [1.29, 1.82) is 0 Å². The Morgan fingerprint density at radius 1 is 1.00 bits per heavy atom. The Labute approximate surface area is 138 Å². The fourth-order valence-corrected chi connectivity index (χ4v) is 2.21. The lowest BCUT2D eigenvalue weighted by atomic mass is 10.3. The van der Waals surface area contributed by atoms with E-state index in [1.807, 2.05) is 31.2 Å². The molecule has 2 heterocycles. The van der Waals surface area contributed by atoms with Crippen LogP contribution in [-0.2, 0) is 0 Å². The summed E-state index contributed by atoms with van der Waals surface area (Å²) in [5.74, 6) is 1.66. The quantitative estimate of drug-likeness (QED) is 0.673. The van der Waals surface area contributed by atoms with Crippen LogP contribution in [0.4, 0.5) is 28.8 Å². The van der Waals surface area contributed by atoms with Gasteiger partial charge in [-0.15, -0.1) is 0 Å². The zero-order valence-electron chi connectivity index (χ0n) is 12.4. The van der Waals surface area contributed by atoms with Crippen molar-refractivity contribution in [3.05, 3.63) is 59.5 Å². The van der Waals surface area contributed by atoms with Gasteiger partial charge < -0.3 is 16.4 Å². The van der Waals surface area contributed by atoms with E-state index >= 15 is 0 Å². The number of anilines is 5. The minimum Gasteiger partial charge on any atom is -0.393 e. The molecule has 3 rings (SSSR count). The highest BCUT2D eigenvalue weighted by molar-refractivity contribution is 6.30. The first-order valence-corrected chi connectivity index (χ1v) is 7.32. The second-order valence-corrected chi connectivity index (χ2v) is 5.40. The maximum Gasteiger partial charge on any atom is 0.160 e. The summed E-state index contributed by atoms with van der Waals surface area (Å²) < 4.78 is 0. The first-order chi connectivity index (χ1) is 11.1. The predicted molar refractivity (Wildman–Crippen MR) is 93.4 cm³/mol. The fourth-order valence-electron chi connectivity index (χ4n) is 2.02. The second-order valence-electron chi connectivity index (χ2n) is 4.96. The number of pyridine rings is 1. The maximum atomic E-state index is 6.14. The smallest absolute Gasteiger partial charge is 0.160 e. The number of benzene rings is 1. The second kappa shape index (κ2) is 6.50. The van der Waals surface area contributed by atoms with Crippen molar-refractivity contribution in [2.24, 2.45) is 0 Å². The van der Waals surface area contributed by atoms with E-state index in [1.54, 1.807) is 18.3 Å². The summed E-state index contributed by atoms with van der Waals surface area (Å²) in [6.45, 7) is 1.99. The van der Waals surface area contributed by atoms with Crippen LogP contribution in [0.2, 0.25) is 5.02 Å². The van der Waals surface area contributed by atoms with Gasteiger partial charge in [-0.2, -0.15) is 0 Å². The molecule has 0 aliphatic heterocycles. The summed E-state index contributed by atoms with van der Waals surface area (Å²) in [7, 11) is 0. The Morgan fingerprint density at radius 2 is 1.78 bits per heavy atom. The highest BCUT2D eigenvalue weighted by atomic mass is 35.5. The molecule has 0 spiro atoms. The number of aromatic nitrogens is 3. The topological polar surface area (TPSA) is 88.8 Å². The van der Waals surface area contributed by atoms with Gasteiger partial charge in [0.2, 0.25) is 0 Å². The molecule has 0 radical (unpaired) electrons. The molecule has 0 atom stereocenters. The summed E-state index contributed by atoms with van der Waals surface area (Å²) in [5.41, 5.74) is 8.43. The molecular formula is C16H15ClN6. The number of nitrogens with zero attached hydrogens (tertiary/aromatic N) is 3. The lowest BCUT2D eigenvalue weighted by Crippen LogP contribution is -2.05. The van der Waals surface area contributed by atoms with Crippen LogP contribution in [0.3, 0.4) is 0 Å². The lowest BCUT2D eigenvalue weighted by molar-refractivity contribution is 1.16. The van der Waals surface area contributed by atoms with Crippen LogP contribution in [-0.4, -0.2) is 15.0 Å². The van der Waals surface area contributed by atoms with E-state index in [9.17, 15) is 0 Å². The Kier molecular flexibility index (Phi) is 4.25. The number of aryl methyl sites for hydroxylation is 1. The highest BCUT2D eigenvalue weighted by Crippen LogP contribution is 2.28. The number of nitrogens with one attached hydrogen (secondary N) is 2. The molecule has 0 saturated heterocycles. The molecule has 0 fully saturated rings. The first kappa shape index (κ1) is 15.1. The zero-order valence-corrected chi connectivity index (χ0v) is 13.2. The Bertz CT molecular complexity index is 771. The molecule has 0 amide bonds. The molecule has 1 aromatic carbocycles. The van der Waals surface area contributed by atoms with E-state index in [2.05, 4.69) is 25.6 Å². The third-order valence-electron chi connectivity index (χ3n) is 3.13. The average molecular weight is 327 g/mol. The molecule has 23 heavy (non-hydrogen) atoms. The van der Waals surface area contributed by atoms with Gasteiger partial charge >= 0.3 is 0 Å². The van der Waals surface area contributed by atoms with Gasteiger partial charge in [0.1, 0.15) is 17.8 Å². The van der Waals surface area contributed by atoms with Crippen molar-refractivity contribution in [1.82, 2.24) is 15.0 Å². The van der Waals surface area contributed by atoms with Crippen molar-refractivity contribution >= 4 is 40.4 Å². The molecule has 0 bridgehead atoms. The fraction of sp³-hybridized carbons (Fsp3) is 0.0625. The Balaban J connectivity index is 1.86. The predicted octanol–water partition coefficient (Wildman–Crippen LogP) is 3.90. The molecule has 2 aromatic heterocycles. The van der Waals surface area contributed by atoms with Gasteiger partial charge in [0.15, 0.2) is 11.6 Å². The van der Waals surface area contributed by atoms with E-state index in [-0.39, 0.29) is 0 Å². The summed E-state index contributed by atoms with van der Waals surface area (Å²) in [6.07, 6.45) is 3.15. The van der Waals surface area contributed by atoms with Crippen LogP contribution < -0.4 is 16.4 Å². The van der Waals surface area contributed by atoms with E-state index in [0.29, 0.717) is 28.2 Å². The standard InChI is InChI=1S/C16H15ClN6/c1-10-5-6-19-13(7-10)23-16-14(18)15(20-9-21-16)22-12-4-2-3-11(17)8-12/h2-9H,18H2,1H3,(H2,19,20,21,22,23). The average Bonchev–Trinajstić information content (AvgIpc) is 2.51. The number of rotatable bonds is 4. The molecule has 4 N–H and O–H groups in total. The van der Waals surface area contributed by atoms with Gasteiger partial charge in [0, 0.05) is 16.9 Å². The van der Waals surface area contributed by atoms with Gasteiger partial charge in [-0.3, -0.25) is 0 Å². The molecule has 0 unspecified atom stereocenters. The molecule has 7 heteroatoms. The van der Waals surface area contributed by atoms with Crippen LogP contribution >= 0.6 is 11.6 Å². The molecular weight excluding hydrogens is 312 g/mol. The molecule has 0 aliphatic carbocycles. The molecule has 3 aromatic rings. The third-order valence-corrected chi connectivity index (χ3v) is 3.37. The minimum absolute atomic E-state index is 0.399. The monoisotopic (exact) mass is 326 g/mol. The summed E-state index contributed by atoms with van der Waals surface area (Å²) in [6, 6.07) is 11.1. The van der Waals surface area contributed by atoms with Gasteiger partial charge in [-0.1, -0.05) is 17.7 Å². The first-order valence-electron chi connectivity index (χ1n) is 6.94. The summed E-state index contributed by atoms with van der Waals surface area (Å²) >= 11 is 5.98. The van der Waals surface area contributed by atoms with Crippen LogP contribution in [0.5, 0.6) is 0 Å². The number of nitrogens with two attached hydrogens (primary N) is 1. The van der Waals surface area contributed by atoms with Crippen molar-refractivity contribution in [2.75, 3.05) is 16.4 Å². The normalized spacial score (nSPS) is 10.3. The summed E-state index contributed by atoms with van der Waals surface area (Å²) in [4.78, 5) is 12.6. The van der Waals surface area contributed by atoms with Crippen molar-refractivity contribution in [2.45, 2.75) is 6.92 Å². The number of hydrogen-bond donors (Lipinski definition) is 3. The van der Waals surface area contributed by atoms with Crippen molar-refractivity contribution in [3.63, 3.8) is 0 Å². The maximum absolute atomic E-state index is 6.14. The van der Waals surface area contributed by atoms with Crippen LogP contribution in [0.25, 0.3) is 0 Å². The van der Waals surface area contributed by atoms with E-state index in [1.165, 1.54) is 6.33 Å². The number of nitrogen functional groups attached to an aromatic ring is 1. The lowest BCUT2D eigenvalue weighted by Gasteiger charge is -2.12. The van der Waals surface area contributed by atoms with Gasteiger partial charge in [0.05, 0.1) is 0 Å². The van der Waals surface area contributed by atoms with Gasteiger partial charge in [-0.25, -0.2) is 15.0 Å². The van der Waals surface area contributed by atoms with E-state index < -0.39 is 0 Å². The number of halogens is 1. The molecule has 0 saturated carbocycles. The number of hydrogen-bond acceptors (Lipinski definition) is 6. The van der Waals surface area contributed by atoms with Crippen LogP contribution in [0.15, 0.2) is 48.9 Å². The largest absolute Gasteiger partial charge is 0.393 e. The molecule has 6 nitrogen and oxygen atoms in total. The van der Waals surface area contributed by atoms with Crippen molar-refractivity contribution in [3.8, 4) is 0 Å². The van der Waals surface area contributed by atoms with E-state index in [4.69, 9.17) is 17.3 Å².